The van der Waals surface area contributed by atoms with Crippen molar-refractivity contribution in [1.82, 2.24) is 0 Å². The van der Waals surface area contributed by atoms with Gasteiger partial charge in [0.05, 0.1) is 13.2 Å². The van der Waals surface area contributed by atoms with Gasteiger partial charge in [0.1, 0.15) is 6.79 Å². The summed E-state index contributed by atoms with van der Waals surface area (Å²) in [6.07, 6.45) is 2.50. The van der Waals surface area contributed by atoms with Gasteiger partial charge in [0.15, 0.2) is 8.32 Å². The van der Waals surface area contributed by atoms with Crippen LogP contribution in [0.15, 0.2) is 0 Å². The molecule has 4 heteroatoms. The number of hydrogen-bond donors (Lipinski definition) is 0. The zero-order chi connectivity index (χ0) is 10.9. The molecule has 0 saturated carbocycles. The maximum atomic E-state index is 5.74. The lowest BCUT2D eigenvalue weighted by atomic mass is 10.4. The molecule has 3 nitrogen and oxygen atoms in total. The summed E-state index contributed by atoms with van der Waals surface area (Å²) in [4.78, 5) is 0. The van der Waals surface area contributed by atoms with E-state index in [4.69, 9.17) is 13.9 Å². The second-order valence-electron chi connectivity index (χ2n) is 4.03. The summed E-state index contributed by atoms with van der Waals surface area (Å²) in [7, 11) is 0.220. The van der Waals surface area contributed by atoms with E-state index in [0.29, 0.717) is 20.0 Å². The van der Waals surface area contributed by atoms with E-state index in [1.807, 2.05) is 0 Å². The zero-order valence-corrected chi connectivity index (χ0v) is 11.0. The highest BCUT2D eigenvalue weighted by molar-refractivity contribution is 6.71. The fourth-order valence-electron chi connectivity index (χ4n) is 1.08. The van der Waals surface area contributed by atoms with Crippen LogP contribution in [0.3, 0.4) is 0 Å². The number of ether oxygens (including phenoxy) is 2. The molecular formula is C10H24O3Si. The van der Waals surface area contributed by atoms with Crippen LogP contribution < -0.4 is 0 Å². The molecule has 0 fully saturated rings. The normalized spacial score (nSPS) is 12.0. The highest BCUT2D eigenvalue weighted by Crippen LogP contribution is 2.14. The van der Waals surface area contributed by atoms with E-state index < -0.39 is 8.32 Å². The third-order valence-corrected chi connectivity index (χ3v) is 4.55. The average Bonchev–Trinajstić information content (AvgIpc) is 2.15. The molecular weight excluding hydrogens is 196 g/mol. The molecule has 0 aromatic rings. The van der Waals surface area contributed by atoms with Crippen LogP contribution in [0.25, 0.3) is 0 Å². The van der Waals surface area contributed by atoms with Crippen molar-refractivity contribution < 1.29 is 13.9 Å². The van der Waals surface area contributed by atoms with Crippen molar-refractivity contribution in [3.05, 3.63) is 0 Å². The molecule has 0 heterocycles. The summed E-state index contributed by atoms with van der Waals surface area (Å²) in [5.41, 5.74) is 0. The van der Waals surface area contributed by atoms with Crippen LogP contribution in [0, 0.1) is 0 Å². The highest BCUT2D eigenvalue weighted by atomic mass is 28.4. The monoisotopic (exact) mass is 220 g/mol. The third kappa shape index (κ3) is 8.68. The number of methoxy groups -OCH3 is 1. The summed E-state index contributed by atoms with van der Waals surface area (Å²) in [5.74, 6) is 0. The minimum atomic E-state index is -1.45. The van der Waals surface area contributed by atoms with Gasteiger partial charge < -0.3 is 13.9 Å². The van der Waals surface area contributed by atoms with E-state index in [0.717, 1.165) is 0 Å². The van der Waals surface area contributed by atoms with Gasteiger partial charge in [0.2, 0.25) is 0 Å². The van der Waals surface area contributed by atoms with E-state index in [1.54, 1.807) is 7.11 Å². The smallest absolute Gasteiger partial charge is 0.189 e. The Bertz CT molecular complexity index is 129. The minimum Gasteiger partial charge on any atom is -0.395 e. The molecule has 0 aromatic heterocycles. The number of rotatable bonds is 9. The Kier molecular flexibility index (Phi) is 8.47. The van der Waals surface area contributed by atoms with Crippen LogP contribution in [0.1, 0.15) is 19.8 Å². The van der Waals surface area contributed by atoms with E-state index in [1.165, 1.54) is 18.9 Å². The van der Waals surface area contributed by atoms with Crippen LogP contribution >= 0.6 is 0 Å². The Hall–Kier alpha value is 0.0969. The average molecular weight is 220 g/mol. The largest absolute Gasteiger partial charge is 0.395 e. The van der Waals surface area contributed by atoms with Crippen molar-refractivity contribution in [2.45, 2.75) is 38.9 Å². The van der Waals surface area contributed by atoms with E-state index in [2.05, 4.69) is 20.0 Å². The molecule has 0 aliphatic heterocycles. The summed E-state index contributed by atoms with van der Waals surface area (Å²) >= 11 is 0. The molecule has 0 aliphatic carbocycles. The molecule has 0 saturated heterocycles. The molecule has 0 N–H and O–H groups in total. The standard InChI is InChI=1S/C10H24O3Si/c1-5-6-9-14(3,4)13-10-12-8-7-11-2/h5-10H2,1-4H3. The summed E-state index contributed by atoms with van der Waals surface area (Å²) < 4.78 is 15.9. The van der Waals surface area contributed by atoms with E-state index >= 15 is 0 Å². The second-order valence-corrected chi connectivity index (χ2v) is 8.33. The topological polar surface area (TPSA) is 27.7 Å². The number of unbranched alkanes of at least 4 members (excludes halogenated alkanes) is 1. The molecule has 0 unspecified atom stereocenters. The summed E-state index contributed by atoms with van der Waals surface area (Å²) in [5, 5.41) is 0. The van der Waals surface area contributed by atoms with Crippen molar-refractivity contribution in [1.29, 1.82) is 0 Å². The van der Waals surface area contributed by atoms with Gasteiger partial charge in [-0.25, -0.2) is 0 Å². The fourth-order valence-corrected chi connectivity index (χ4v) is 2.83. The first-order valence-corrected chi connectivity index (χ1v) is 8.44. The van der Waals surface area contributed by atoms with Gasteiger partial charge in [-0.2, -0.15) is 0 Å². The Morgan fingerprint density at radius 1 is 1.14 bits per heavy atom. The van der Waals surface area contributed by atoms with Crippen LogP contribution in [-0.4, -0.2) is 35.4 Å². The van der Waals surface area contributed by atoms with E-state index in [9.17, 15) is 0 Å². The summed E-state index contributed by atoms with van der Waals surface area (Å²) in [6, 6.07) is 1.22. The zero-order valence-electron chi connectivity index (χ0n) is 9.97. The van der Waals surface area contributed by atoms with Crippen LogP contribution in [0.5, 0.6) is 0 Å². The van der Waals surface area contributed by atoms with Gasteiger partial charge in [0, 0.05) is 7.11 Å². The predicted octanol–water partition coefficient (Wildman–Crippen LogP) is 2.63. The van der Waals surface area contributed by atoms with Crippen molar-refractivity contribution >= 4 is 8.32 Å². The lowest BCUT2D eigenvalue weighted by molar-refractivity contribution is -0.0131. The van der Waals surface area contributed by atoms with Crippen molar-refractivity contribution in [2.75, 3.05) is 27.1 Å². The van der Waals surface area contributed by atoms with Crippen molar-refractivity contribution in [3.8, 4) is 0 Å². The maximum absolute atomic E-state index is 5.74. The predicted molar refractivity (Wildman–Crippen MR) is 61.0 cm³/mol. The summed E-state index contributed by atoms with van der Waals surface area (Å²) in [6.45, 7) is 8.37. The number of hydrogen-bond acceptors (Lipinski definition) is 3. The van der Waals surface area contributed by atoms with E-state index in [-0.39, 0.29) is 0 Å². The van der Waals surface area contributed by atoms with Gasteiger partial charge in [-0.1, -0.05) is 19.8 Å². The van der Waals surface area contributed by atoms with Gasteiger partial charge in [0.25, 0.3) is 0 Å². The molecule has 14 heavy (non-hydrogen) atoms. The minimum absolute atomic E-state index is 0.423. The first-order chi connectivity index (χ1) is 6.62. The molecule has 0 spiro atoms. The Balaban J connectivity index is 3.35. The Morgan fingerprint density at radius 2 is 1.86 bits per heavy atom. The molecule has 0 amide bonds. The van der Waals surface area contributed by atoms with Gasteiger partial charge in [-0.05, 0) is 19.1 Å². The molecule has 86 valence electrons. The Morgan fingerprint density at radius 3 is 2.43 bits per heavy atom. The van der Waals surface area contributed by atoms with Crippen molar-refractivity contribution in [3.63, 3.8) is 0 Å². The van der Waals surface area contributed by atoms with Gasteiger partial charge in [-0.15, -0.1) is 0 Å². The van der Waals surface area contributed by atoms with Crippen LogP contribution in [0.2, 0.25) is 19.1 Å². The molecule has 0 bridgehead atoms. The maximum Gasteiger partial charge on any atom is 0.189 e. The highest BCUT2D eigenvalue weighted by Gasteiger charge is 2.21. The molecule has 0 rings (SSSR count). The van der Waals surface area contributed by atoms with Gasteiger partial charge in [-0.3, -0.25) is 0 Å². The molecule has 0 aliphatic rings. The third-order valence-electron chi connectivity index (χ3n) is 2.10. The van der Waals surface area contributed by atoms with Crippen molar-refractivity contribution in [2.24, 2.45) is 0 Å². The van der Waals surface area contributed by atoms with Gasteiger partial charge >= 0.3 is 0 Å². The quantitative estimate of drug-likeness (QED) is 0.340. The molecule has 0 aromatic carbocycles. The van der Waals surface area contributed by atoms with Crippen LogP contribution in [0.4, 0.5) is 0 Å². The first kappa shape index (κ1) is 14.1. The second kappa shape index (κ2) is 8.41. The molecule has 0 radical (unpaired) electrons. The lowest BCUT2D eigenvalue weighted by Crippen LogP contribution is -2.31. The van der Waals surface area contributed by atoms with Crippen LogP contribution in [-0.2, 0) is 13.9 Å². The SMILES string of the molecule is CCCC[Si](C)(C)OCOCCOC. The first-order valence-electron chi connectivity index (χ1n) is 5.33. The molecule has 0 atom stereocenters. The fraction of sp³-hybridized carbons (Fsp3) is 1.00. The lowest BCUT2D eigenvalue weighted by Gasteiger charge is -2.22. The Labute approximate surface area is 88.9 Å².